The Morgan fingerprint density at radius 3 is 2.09 bits per heavy atom. The van der Waals surface area contributed by atoms with E-state index in [4.69, 9.17) is 0 Å². The number of guanidine groups is 1. The Morgan fingerprint density at radius 1 is 0.955 bits per heavy atom. The highest BCUT2D eigenvalue weighted by atomic mass is 15.1. The van der Waals surface area contributed by atoms with Gasteiger partial charge in [0.05, 0.1) is 5.71 Å². The van der Waals surface area contributed by atoms with Crippen LogP contribution >= 0.6 is 0 Å². The summed E-state index contributed by atoms with van der Waals surface area (Å²) in [5, 5.41) is 3.10. The minimum Gasteiger partial charge on any atom is -0.324 e. The molecule has 0 aromatic rings. The molecule has 0 rings (SSSR count). The summed E-state index contributed by atoms with van der Waals surface area (Å²) in [5.41, 5.74) is 2.23. The van der Waals surface area contributed by atoms with Crippen LogP contribution in [0.2, 0.25) is 0 Å². The Balaban J connectivity index is 5.72. The molecule has 0 amide bonds. The van der Waals surface area contributed by atoms with Crippen LogP contribution in [-0.2, 0) is 0 Å². The third kappa shape index (κ3) is 7.01. The number of allylic oxidation sites excluding steroid dienone is 9. The first-order chi connectivity index (χ1) is 10.7. The maximum absolute atomic E-state index is 4.45. The molecule has 0 unspecified atom stereocenters. The predicted molar refractivity (Wildman–Crippen MR) is 100.0 cm³/mol. The molecule has 3 nitrogen and oxygen atoms in total. The van der Waals surface area contributed by atoms with Crippen LogP contribution in [0.25, 0.3) is 0 Å². The van der Waals surface area contributed by atoms with Crippen LogP contribution in [0.15, 0.2) is 109 Å². The fourth-order valence-corrected chi connectivity index (χ4v) is 1.48. The molecule has 0 aliphatic rings. The normalized spacial score (nSPS) is 13.7. The van der Waals surface area contributed by atoms with Gasteiger partial charge in [-0.25, -0.2) is 9.98 Å². The minimum absolute atomic E-state index is 0.382. The van der Waals surface area contributed by atoms with Gasteiger partial charge in [-0.1, -0.05) is 63.3 Å². The summed E-state index contributed by atoms with van der Waals surface area (Å²) in [6.07, 6.45) is 15.5. The molecule has 0 radical (unpaired) electrons. The Kier molecular flexibility index (Phi) is 10.3. The van der Waals surface area contributed by atoms with E-state index >= 15 is 0 Å². The number of aliphatic imine (C=N–C) groups is 2. The lowest BCUT2D eigenvalue weighted by molar-refractivity contribution is 1.14. The number of nitrogens with one attached hydrogen (secondary N) is 1. The topological polar surface area (TPSA) is 36.8 Å². The highest BCUT2D eigenvalue weighted by molar-refractivity contribution is 6.14. The van der Waals surface area contributed by atoms with E-state index in [0.29, 0.717) is 11.7 Å². The molecule has 0 fully saturated rings. The Morgan fingerprint density at radius 2 is 1.64 bits per heavy atom. The molecule has 1 N–H and O–H groups in total. The first kappa shape index (κ1) is 19.1. The largest absolute Gasteiger partial charge is 0.324 e. The second kappa shape index (κ2) is 11.9. The molecule has 114 valence electrons. The molecule has 0 aromatic carbocycles. The zero-order valence-corrected chi connectivity index (χ0v) is 13.1. The van der Waals surface area contributed by atoms with Gasteiger partial charge in [-0.15, -0.1) is 0 Å². The average molecular weight is 293 g/mol. The van der Waals surface area contributed by atoms with Crippen molar-refractivity contribution in [2.45, 2.75) is 6.92 Å². The van der Waals surface area contributed by atoms with Crippen molar-refractivity contribution in [2.24, 2.45) is 9.98 Å². The van der Waals surface area contributed by atoms with Crippen molar-refractivity contribution in [3.05, 3.63) is 99.0 Å². The first-order valence-electron chi connectivity index (χ1n) is 6.74. The van der Waals surface area contributed by atoms with E-state index in [2.05, 4.69) is 48.2 Å². The Labute approximate surface area is 133 Å². The number of hydrogen-bond acceptors (Lipinski definition) is 1. The summed E-state index contributed by atoms with van der Waals surface area (Å²) >= 11 is 0. The Hall–Kier alpha value is -2.94. The van der Waals surface area contributed by atoms with Gasteiger partial charge in [-0.3, -0.25) is 0 Å². The highest BCUT2D eigenvalue weighted by Crippen LogP contribution is 2.04. The van der Waals surface area contributed by atoms with Gasteiger partial charge >= 0.3 is 0 Å². The maximum atomic E-state index is 4.45. The van der Waals surface area contributed by atoms with Crippen LogP contribution in [0.5, 0.6) is 0 Å². The van der Waals surface area contributed by atoms with Gasteiger partial charge < -0.3 is 5.32 Å². The molecule has 0 aliphatic carbocycles. The molecule has 3 heteroatoms. The van der Waals surface area contributed by atoms with Crippen molar-refractivity contribution in [3.8, 4) is 0 Å². The van der Waals surface area contributed by atoms with Crippen LogP contribution in [0.3, 0.4) is 0 Å². The van der Waals surface area contributed by atoms with E-state index < -0.39 is 0 Å². The fourth-order valence-electron chi connectivity index (χ4n) is 1.48. The summed E-state index contributed by atoms with van der Waals surface area (Å²) in [6.45, 7) is 20.4. The van der Waals surface area contributed by atoms with Gasteiger partial charge in [0.25, 0.3) is 0 Å². The van der Waals surface area contributed by atoms with Gasteiger partial charge in [0.1, 0.15) is 0 Å². The molecule has 22 heavy (non-hydrogen) atoms. The van der Waals surface area contributed by atoms with Crippen molar-refractivity contribution in [3.63, 3.8) is 0 Å². The zero-order valence-electron chi connectivity index (χ0n) is 13.1. The smallest absolute Gasteiger partial charge is 0.227 e. The molecule has 0 aliphatic heterocycles. The summed E-state index contributed by atoms with van der Waals surface area (Å²) in [7, 11) is 0. The van der Waals surface area contributed by atoms with Crippen molar-refractivity contribution in [2.75, 3.05) is 0 Å². The molecule has 0 aromatic heterocycles. The SMILES string of the molecule is C=C/C=C(\C=C/C)NC(=NC=C)N=C(C=C)/C(C=C)=C/C=C. The maximum Gasteiger partial charge on any atom is 0.227 e. The van der Waals surface area contributed by atoms with Crippen LogP contribution in [0.4, 0.5) is 0 Å². The molecule has 0 saturated carbocycles. The molecule has 0 atom stereocenters. The van der Waals surface area contributed by atoms with E-state index in [1.54, 1.807) is 30.4 Å². The average Bonchev–Trinajstić information content (AvgIpc) is 2.51. The molecule has 0 saturated heterocycles. The van der Waals surface area contributed by atoms with Gasteiger partial charge in [0, 0.05) is 11.9 Å². The second-order valence-corrected chi connectivity index (χ2v) is 3.88. The monoisotopic (exact) mass is 293 g/mol. The first-order valence-corrected chi connectivity index (χ1v) is 6.74. The van der Waals surface area contributed by atoms with Gasteiger partial charge in [-0.2, -0.15) is 0 Å². The van der Waals surface area contributed by atoms with E-state index in [0.717, 1.165) is 11.3 Å². The van der Waals surface area contributed by atoms with Crippen LogP contribution in [0.1, 0.15) is 6.92 Å². The van der Waals surface area contributed by atoms with E-state index in [1.807, 2.05) is 25.2 Å². The van der Waals surface area contributed by atoms with E-state index in [1.165, 1.54) is 6.20 Å². The lowest BCUT2D eigenvalue weighted by Gasteiger charge is -2.08. The second-order valence-electron chi connectivity index (χ2n) is 3.88. The molecule has 0 spiro atoms. The minimum atomic E-state index is 0.382. The highest BCUT2D eigenvalue weighted by Gasteiger charge is 2.03. The van der Waals surface area contributed by atoms with Gasteiger partial charge in [-0.05, 0) is 30.7 Å². The van der Waals surface area contributed by atoms with Gasteiger partial charge in [0.15, 0.2) is 0 Å². The third-order valence-electron chi connectivity index (χ3n) is 2.35. The third-order valence-corrected chi connectivity index (χ3v) is 2.35. The summed E-state index contributed by atoms with van der Waals surface area (Å²) in [5.74, 6) is 0.382. The van der Waals surface area contributed by atoms with Crippen molar-refractivity contribution < 1.29 is 0 Å². The van der Waals surface area contributed by atoms with Gasteiger partial charge in [0.2, 0.25) is 5.96 Å². The van der Waals surface area contributed by atoms with Crippen LogP contribution < -0.4 is 5.32 Å². The summed E-state index contributed by atoms with van der Waals surface area (Å²) < 4.78 is 0. The van der Waals surface area contributed by atoms with Crippen LogP contribution in [-0.4, -0.2) is 11.7 Å². The summed E-state index contributed by atoms with van der Waals surface area (Å²) in [4.78, 5) is 8.58. The Bertz CT molecular complexity index is 582. The number of hydrogen-bond donors (Lipinski definition) is 1. The van der Waals surface area contributed by atoms with Crippen molar-refractivity contribution in [1.29, 1.82) is 0 Å². The van der Waals surface area contributed by atoms with E-state index in [-0.39, 0.29) is 0 Å². The van der Waals surface area contributed by atoms with Crippen LogP contribution in [0, 0.1) is 0 Å². The van der Waals surface area contributed by atoms with E-state index in [9.17, 15) is 0 Å². The lowest BCUT2D eigenvalue weighted by atomic mass is 10.1. The predicted octanol–water partition coefficient (Wildman–Crippen LogP) is 4.65. The quantitative estimate of drug-likeness (QED) is 0.395. The number of nitrogens with zero attached hydrogens (tertiary/aromatic N) is 2. The molecular formula is C19H23N3. The molecule has 0 bridgehead atoms. The van der Waals surface area contributed by atoms with Crippen molar-refractivity contribution in [1.82, 2.24) is 5.32 Å². The van der Waals surface area contributed by atoms with Crippen molar-refractivity contribution >= 4 is 11.7 Å². The zero-order chi connectivity index (χ0) is 16.8. The number of rotatable bonds is 8. The lowest BCUT2D eigenvalue weighted by Crippen LogP contribution is -2.21. The molecular weight excluding hydrogens is 270 g/mol. The summed E-state index contributed by atoms with van der Waals surface area (Å²) in [6, 6.07) is 0. The molecule has 0 heterocycles. The standard InChI is InChI=1S/C19H23N3/c1-7-13-16(10-4)18(11-5)22-19(20-12-6)21-17(14-8-2)15-9-3/h7-15H,1-2,4-6H2,3H3,(H,20,21)/b15-9-,16-13+,17-14+,22-18?. The fraction of sp³-hybridized carbons (Fsp3) is 0.0526.